The zero-order valence-corrected chi connectivity index (χ0v) is 19.2. The third-order valence-electron chi connectivity index (χ3n) is 6.11. The molecule has 7 heteroatoms. The van der Waals surface area contributed by atoms with E-state index in [9.17, 15) is 4.79 Å². The lowest BCUT2D eigenvalue weighted by Crippen LogP contribution is -2.35. The van der Waals surface area contributed by atoms with Gasteiger partial charge in [-0.1, -0.05) is 17.3 Å². The second-order valence-corrected chi connectivity index (χ2v) is 8.48. The Balaban J connectivity index is 1.27. The Morgan fingerprint density at radius 1 is 1.09 bits per heavy atom. The van der Waals surface area contributed by atoms with E-state index in [1.165, 1.54) is 5.56 Å². The topological polar surface area (TPSA) is 78.4 Å². The number of ether oxygens (including phenoxy) is 3. The van der Waals surface area contributed by atoms with Crippen LogP contribution in [0.5, 0.6) is 11.5 Å². The number of hydrogen-bond acceptors (Lipinski definition) is 6. The number of benzene rings is 2. The summed E-state index contributed by atoms with van der Waals surface area (Å²) in [5.41, 5.74) is 4.25. The average molecular weight is 453 g/mol. The minimum atomic E-state index is -0.0894. The van der Waals surface area contributed by atoms with Crippen molar-refractivity contribution in [3.63, 3.8) is 0 Å². The van der Waals surface area contributed by atoms with E-state index in [4.69, 9.17) is 19.0 Å². The van der Waals surface area contributed by atoms with Crippen LogP contribution in [-0.4, -0.2) is 45.1 Å². The molecule has 1 saturated heterocycles. The van der Waals surface area contributed by atoms with Crippen LogP contribution in [0.4, 0.5) is 0 Å². The Hall–Kier alpha value is -3.06. The highest BCUT2D eigenvalue weighted by atomic mass is 16.6. The van der Waals surface area contributed by atoms with Gasteiger partial charge in [-0.25, -0.2) is 0 Å². The minimum absolute atomic E-state index is 0.0218. The molecular formula is C26H32N2O5. The van der Waals surface area contributed by atoms with Gasteiger partial charge in [-0.05, 0) is 79.5 Å². The molecule has 1 N–H and O–H groups in total. The number of carbonyl (C=O) groups excluding carboxylic acids is 1. The first-order valence-electron chi connectivity index (χ1n) is 11.6. The van der Waals surface area contributed by atoms with E-state index in [0.29, 0.717) is 24.8 Å². The van der Waals surface area contributed by atoms with Crippen LogP contribution < -0.4 is 14.8 Å². The lowest BCUT2D eigenvalue weighted by Gasteiger charge is -2.22. The fourth-order valence-corrected chi connectivity index (χ4v) is 4.14. The fraction of sp³-hybridized carbons (Fsp3) is 0.462. The summed E-state index contributed by atoms with van der Waals surface area (Å²) in [6.45, 7) is 2.68. The largest absolute Gasteiger partial charge is 0.497 e. The van der Waals surface area contributed by atoms with Gasteiger partial charge in [-0.2, -0.15) is 0 Å². The van der Waals surface area contributed by atoms with E-state index in [2.05, 4.69) is 10.5 Å². The molecule has 2 aromatic carbocycles. The van der Waals surface area contributed by atoms with Crippen molar-refractivity contribution >= 4 is 11.6 Å². The zero-order chi connectivity index (χ0) is 22.9. The molecule has 33 heavy (non-hydrogen) atoms. The van der Waals surface area contributed by atoms with Gasteiger partial charge in [0.15, 0.2) is 6.61 Å². The molecule has 1 aliphatic heterocycles. The third-order valence-corrected chi connectivity index (χ3v) is 6.11. The van der Waals surface area contributed by atoms with Crippen LogP contribution in [-0.2, 0) is 27.4 Å². The number of nitrogens with zero attached hydrogens (tertiary/aromatic N) is 1. The first-order chi connectivity index (χ1) is 16.2. The summed E-state index contributed by atoms with van der Waals surface area (Å²) in [5.74, 6) is 1.93. The number of amides is 1. The Kier molecular flexibility index (Phi) is 8.19. The molecule has 2 aromatic rings. The minimum Gasteiger partial charge on any atom is -0.497 e. The molecule has 0 bridgehead atoms. The lowest BCUT2D eigenvalue weighted by atomic mass is 9.90. The molecule has 176 valence electrons. The Bertz CT molecular complexity index is 952. The maximum Gasteiger partial charge on any atom is 0.257 e. The number of aryl methyl sites for hydroxylation is 1. The number of nitrogens with one attached hydrogen (secondary N) is 1. The van der Waals surface area contributed by atoms with Gasteiger partial charge in [0.2, 0.25) is 0 Å². The average Bonchev–Trinajstić information content (AvgIpc) is 2.87. The summed E-state index contributed by atoms with van der Waals surface area (Å²) in [7, 11) is 1.65. The molecule has 0 atom stereocenters. The highest BCUT2D eigenvalue weighted by Gasteiger charge is 2.18. The highest BCUT2D eigenvalue weighted by molar-refractivity contribution is 6.02. The number of hydrogen-bond donors (Lipinski definition) is 1. The number of carbonyl (C=O) groups is 1. The molecular weight excluding hydrogens is 420 g/mol. The zero-order valence-electron chi connectivity index (χ0n) is 19.2. The SMILES string of the molecule is COc1ccc(CON=C2CCCc3cc(OCC(=O)NCC4CCOCC4)ccc32)cc1. The van der Waals surface area contributed by atoms with E-state index in [1.54, 1.807) is 7.11 Å². The molecule has 2 aliphatic rings. The van der Waals surface area contributed by atoms with Crippen LogP contribution in [0.1, 0.15) is 42.4 Å². The number of methoxy groups -OCH3 is 1. The van der Waals surface area contributed by atoms with Crippen LogP contribution in [0.15, 0.2) is 47.6 Å². The van der Waals surface area contributed by atoms with Crippen molar-refractivity contribution in [3.05, 3.63) is 59.2 Å². The van der Waals surface area contributed by atoms with Crippen molar-refractivity contribution < 1.29 is 23.8 Å². The molecule has 0 unspecified atom stereocenters. The van der Waals surface area contributed by atoms with Crippen molar-refractivity contribution in [1.29, 1.82) is 0 Å². The maximum atomic E-state index is 12.2. The Morgan fingerprint density at radius 2 is 1.88 bits per heavy atom. The van der Waals surface area contributed by atoms with E-state index in [-0.39, 0.29) is 12.5 Å². The van der Waals surface area contributed by atoms with Gasteiger partial charge in [0.25, 0.3) is 5.91 Å². The predicted octanol–water partition coefficient (Wildman–Crippen LogP) is 3.87. The molecule has 0 saturated carbocycles. The predicted molar refractivity (Wildman–Crippen MR) is 126 cm³/mol. The van der Waals surface area contributed by atoms with Crippen LogP contribution in [0, 0.1) is 5.92 Å². The summed E-state index contributed by atoms with van der Waals surface area (Å²) in [6.07, 6.45) is 4.84. The summed E-state index contributed by atoms with van der Waals surface area (Å²) in [5, 5.41) is 7.38. The van der Waals surface area contributed by atoms with Crippen molar-refractivity contribution in [1.82, 2.24) is 5.32 Å². The van der Waals surface area contributed by atoms with Gasteiger partial charge in [0, 0.05) is 25.3 Å². The summed E-state index contributed by atoms with van der Waals surface area (Å²) in [4.78, 5) is 17.8. The molecule has 1 heterocycles. The van der Waals surface area contributed by atoms with Gasteiger partial charge in [-0.3, -0.25) is 4.79 Å². The van der Waals surface area contributed by atoms with Crippen molar-refractivity contribution in [3.8, 4) is 11.5 Å². The molecule has 0 radical (unpaired) electrons. The maximum absolute atomic E-state index is 12.2. The number of fused-ring (bicyclic) bond motifs is 1. The van der Waals surface area contributed by atoms with Gasteiger partial charge in [0.05, 0.1) is 12.8 Å². The van der Waals surface area contributed by atoms with Crippen molar-refractivity contribution in [2.45, 2.75) is 38.7 Å². The monoisotopic (exact) mass is 452 g/mol. The fourth-order valence-electron chi connectivity index (χ4n) is 4.14. The molecule has 1 fully saturated rings. The van der Waals surface area contributed by atoms with E-state index in [0.717, 1.165) is 67.9 Å². The molecule has 7 nitrogen and oxygen atoms in total. The number of oxime groups is 1. The van der Waals surface area contributed by atoms with Gasteiger partial charge < -0.3 is 24.4 Å². The highest BCUT2D eigenvalue weighted by Crippen LogP contribution is 2.26. The van der Waals surface area contributed by atoms with Gasteiger partial charge >= 0.3 is 0 Å². The molecule has 4 rings (SSSR count). The molecule has 1 amide bonds. The molecule has 0 aromatic heterocycles. The quantitative estimate of drug-likeness (QED) is 0.585. The smallest absolute Gasteiger partial charge is 0.257 e. The van der Waals surface area contributed by atoms with Crippen molar-refractivity contribution in [2.24, 2.45) is 11.1 Å². The molecule has 1 aliphatic carbocycles. The Labute approximate surface area is 195 Å². The second-order valence-electron chi connectivity index (χ2n) is 8.48. The second kappa shape index (κ2) is 11.7. The standard InChI is InChI=1S/C26H32N2O5/c1-30-22-7-5-20(6-8-22)17-33-28-25-4-2-3-21-15-23(9-10-24(21)25)32-18-26(29)27-16-19-11-13-31-14-12-19/h5-10,15,19H,2-4,11-14,16-18H2,1H3,(H,27,29). The van der Waals surface area contributed by atoms with Crippen LogP contribution >= 0.6 is 0 Å². The van der Waals surface area contributed by atoms with Crippen LogP contribution in [0.2, 0.25) is 0 Å². The van der Waals surface area contributed by atoms with E-state index < -0.39 is 0 Å². The third kappa shape index (κ3) is 6.71. The summed E-state index contributed by atoms with van der Waals surface area (Å²) in [6, 6.07) is 13.7. The molecule has 0 spiro atoms. The van der Waals surface area contributed by atoms with Gasteiger partial charge in [0.1, 0.15) is 18.1 Å². The first-order valence-corrected chi connectivity index (χ1v) is 11.6. The van der Waals surface area contributed by atoms with E-state index in [1.807, 2.05) is 42.5 Å². The number of rotatable bonds is 9. The van der Waals surface area contributed by atoms with Crippen LogP contribution in [0.25, 0.3) is 0 Å². The first kappa shape index (κ1) is 23.1. The summed E-state index contributed by atoms with van der Waals surface area (Å²) >= 11 is 0. The van der Waals surface area contributed by atoms with E-state index >= 15 is 0 Å². The van der Waals surface area contributed by atoms with Crippen LogP contribution in [0.3, 0.4) is 0 Å². The van der Waals surface area contributed by atoms with Gasteiger partial charge in [-0.15, -0.1) is 0 Å². The van der Waals surface area contributed by atoms with Crippen molar-refractivity contribution in [2.75, 3.05) is 33.5 Å². The lowest BCUT2D eigenvalue weighted by molar-refractivity contribution is -0.123. The normalized spacial score (nSPS) is 17.3. The Morgan fingerprint density at radius 3 is 2.67 bits per heavy atom. The summed E-state index contributed by atoms with van der Waals surface area (Å²) < 4.78 is 16.3.